The quantitative estimate of drug-likeness (QED) is 0.0104. The predicted molar refractivity (Wildman–Crippen MR) is 554 cm³/mol. The Labute approximate surface area is 889 Å². The van der Waals surface area contributed by atoms with Crippen molar-refractivity contribution in [3.05, 3.63) is 116 Å². The molecule has 30 nitrogen and oxygen atoms in total. The van der Waals surface area contributed by atoms with Crippen LogP contribution in [0.15, 0.2) is 54.6 Å². The third-order valence-corrected chi connectivity index (χ3v) is 28.6. The van der Waals surface area contributed by atoms with Gasteiger partial charge in [0.15, 0.2) is 0 Å². The Hall–Kier alpha value is -1.69. The van der Waals surface area contributed by atoms with E-state index in [0.29, 0.717) is 48.7 Å². The maximum atomic E-state index is 12.6. The van der Waals surface area contributed by atoms with Gasteiger partial charge in [-0.2, -0.15) is 0 Å². The molecule has 4 aromatic rings. The molecule has 4 saturated heterocycles. The van der Waals surface area contributed by atoms with Gasteiger partial charge in [0.2, 0.25) is 0 Å². The van der Waals surface area contributed by atoms with Crippen LogP contribution in [0, 0.1) is 82.6 Å². The molecule has 0 spiro atoms. The smallest absolute Gasteiger partial charge is 0.340 e. The van der Waals surface area contributed by atoms with Crippen LogP contribution in [0.3, 0.4) is 0 Å². The van der Waals surface area contributed by atoms with Crippen LogP contribution in [0.25, 0.3) is 0 Å². The second-order valence-electron chi connectivity index (χ2n) is 35.1. The molecule has 4 aliphatic rings. The first-order valence-electron chi connectivity index (χ1n) is 39.5. The normalized spacial score (nSPS) is 16.3. The van der Waals surface area contributed by atoms with E-state index < -0.39 is 115 Å². The standard InChI is InChI=1S/2C22H27I3O8.C21H25I3O7.C21H26I2O7/c1-21(2,11-22(3,4)20(29)33-10-14-9-30-14)19(28)32-8-13(26)7-31-18(27)17-15(24)5-12(23)6-16(17)25;1-21(2,11-22(3,4)20(29)33-10-14-9-30-14)19(28)32-8-13(26)7-31-18(27)15-5-12(23)6-16(24)17(15)25;1-20(2,11-21(3,4)19(27)31-10-13-9-30-13)18(26)29-6-5-28-17(25)16-14(23)7-12(22)8-15(16)24;1-20(2,12-21(3,4)19(26)30-11-14-10-29-14)18(25)28-8-7-27-17(24)15-6-5-13(22)9-16(15)23/h2*5-6,13-14,26H,7-11H2,1-4H3;7-8,13H,5-6,9-11H2,1-4H3;5-6,9,14H,7-8,10-12H2,1-4H3. The van der Waals surface area contributed by atoms with Gasteiger partial charge in [0.25, 0.3) is 0 Å². The fourth-order valence-corrected chi connectivity index (χ4v) is 24.6. The number of benzene rings is 4. The first-order chi connectivity index (χ1) is 58.7. The fourth-order valence-electron chi connectivity index (χ4n) is 12.3. The van der Waals surface area contributed by atoms with E-state index in [4.69, 9.17) is 75.8 Å². The third-order valence-electron chi connectivity index (χ3n) is 18.7. The number of ether oxygens (including phenoxy) is 16. The van der Waals surface area contributed by atoms with Gasteiger partial charge >= 0.3 is 71.6 Å². The molecule has 0 aromatic heterocycles. The zero-order valence-electron chi connectivity index (χ0n) is 72.8. The number of hydrogen-bond donors (Lipinski definition) is 2. The Morgan fingerprint density at radius 3 is 0.819 bits per heavy atom. The van der Waals surface area contributed by atoms with E-state index in [1.54, 1.807) is 123 Å². The van der Waals surface area contributed by atoms with Crippen LogP contribution in [-0.4, -0.2) is 224 Å². The molecule has 0 aliphatic carbocycles. The zero-order valence-corrected chi connectivity index (χ0v) is 96.5. The van der Waals surface area contributed by atoms with Gasteiger partial charge in [-0.05, 0) is 440 Å². The molecule has 4 heterocycles. The van der Waals surface area contributed by atoms with Crippen molar-refractivity contribution >= 4 is 320 Å². The summed E-state index contributed by atoms with van der Waals surface area (Å²) in [5.41, 5.74) is -5.52. The number of epoxide rings is 4. The van der Waals surface area contributed by atoms with Crippen molar-refractivity contribution in [1.29, 1.82) is 0 Å². The number of aliphatic hydroxyl groups is 2. The summed E-state index contributed by atoms with van der Waals surface area (Å²) in [6.45, 7) is 29.1. The molecule has 4 aromatic carbocycles. The van der Waals surface area contributed by atoms with Gasteiger partial charge in [-0.3, -0.25) is 38.4 Å². The number of carbonyl (C=O) groups is 12. The average Bonchev–Trinajstić information content (AvgIpc) is 1.81. The molecule has 0 radical (unpaired) electrons. The molecule has 4 fully saturated rings. The lowest BCUT2D eigenvalue weighted by Crippen LogP contribution is -2.38. The maximum absolute atomic E-state index is 12.6. The molecule has 6 unspecified atom stereocenters. The molecule has 706 valence electrons. The second kappa shape index (κ2) is 52.2. The highest BCUT2D eigenvalue weighted by molar-refractivity contribution is 14.1. The van der Waals surface area contributed by atoms with Crippen LogP contribution in [0.5, 0.6) is 0 Å². The first kappa shape index (κ1) is 116. The van der Waals surface area contributed by atoms with Crippen molar-refractivity contribution < 1.29 is 144 Å². The Bertz CT molecular complexity index is 4520. The monoisotopic (exact) mass is 3010 g/mol. The highest BCUT2D eigenvalue weighted by atomic mass is 127. The molecule has 127 heavy (non-hydrogen) atoms. The molecule has 0 saturated carbocycles. The van der Waals surface area contributed by atoms with E-state index >= 15 is 0 Å². The maximum Gasteiger partial charge on any atom is 0.340 e. The fraction of sp³-hybridized carbons (Fsp3) is 0.581. The summed E-state index contributed by atoms with van der Waals surface area (Å²) in [6, 6.07) is 16.6. The largest absolute Gasteiger partial charge is 0.462 e. The van der Waals surface area contributed by atoms with Crippen LogP contribution in [0.2, 0.25) is 0 Å². The Kier molecular flexibility index (Phi) is 47.6. The van der Waals surface area contributed by atoms with Crippen LogP contribution in [0.4, 0.5) is 0 Å². The number of halogens is 11. The Morgan fingerprint density at radius 1 is 0.291 bits per heavy atom. The number of esters is 12. The summed E-state index contributed by atoms with van der Waals surface area (Å²) >= 11 is 23.3. The Morgan fingerprint density at radius 2 is 0.520 bits per heavy atom. The van der Waals surface area contributed by atoms with Crippen LogP contribution in [-0.2, 0) is 114 Å². The van der Waals surface area contributed by atoms with E-state index in [-0.39, 0.29) is 141 Å². The van der Waals surface area contributed by atoms with E-state index in [0.717, 1.165) is 39.3 Å². The molecule has 4 aliphatic heterocycles. The molecule has 0 bridgehead atoms. The van der Waals surface area contributed by atoms with E-state index in [9.17, 15) is 67.7 Å². The lowest BCUT2D eigenvalue weighted by atomic mass is 9.75. The summed E-state index contributed by atoms with van der Waals surface area (Å²) < 4.78 is 92.8. The minimum Gasteiger partial charge on any atom is -0.462 e. The lowest BCUT2D eigenvalue weighted by Gasteiger charge is -2.31. The molecule has 2 N–H and O–H groups in total. The van der Waals surface area contributed by atoms with E-state index in [1.165, 1.54) is 0 Å². The molecule has 0 amide bonds. The van der Waals surface area contributed by atoms with Gasteiger partial charge in [-0.15, -0.1) is 0 Å². The molecule has 8 rings (SSSR count). The molecular formula is C86H105I11O30. The van der Waals surface area contributed by atoms with Crippen LogP contribution in [0.1, 0.15) is 178 Å². The van der Waals surface area contributed by atoms with E-state index in [2.05, 4.69) is 248 Å². The summed E-state index contributed by atoms with van der Waals surface area (Å²) in [4.78, 5) is 149. The molecule has 6 atom stereocenters. The minimum atomic E-state index is -1.18. The van der Waals surface area contributed by atoms with Crippen molar-refractivity contribution in [1.82, 2.24) is 0 Å². The number of rotatable bonds is 42. The van der Waals surface area contributed by atoms with Crippen molar-refractivity contribution in [2.45, 2.75) is 173 Å². The summed E-state index contributed by atoms with van der Waals surface area (Å²) in [6.07, 6.45) is -1.54. The zero-order chi connectivity index (χ0) is 95.9. The van der Waals surface area contributed by atoms with Crippen LogP contribution >= 0.6 is 248 Å². The molecule has 41 heteroatoms. The van der Waals surface area contributed by atoms with E-state index in [1.807, 2.05) is 42.5 Å². The van der Waals surface area contributed by atoms with Gasteiger partial charge in [-0.1, -0.05) is 0 Å². The molecular weight excluding hydrogens is 2910 g/mol. The highest BCUT2D eigenvalue weighted by Crippen LogP contribution is 2.41. The topological polar surface area (TPSA) is 406 Å². The van der Waals surface area contributed by atoms with Gasteiger partial charge < -0.3 is 86.0 Å². The van der Waals surface area contributed by atoms with Crippen molar-refractivity contribution in [3.63, 3.8) is 0 Å². The van der Waals surface area contributed by atoms with Gasteiger partial charge in [0.05, 0.1) is 92.0 Å². The second-order valence-corrected chi connectivity index (χ2v) is 48.1. The van der Waals surface area contributed by atoms with Crippen molar-refractivity contribution in [3.8, 4) is 0 Å². The average molecular weight is 3010 g/mol. The summed E-state index contributed by atoms with van der Waals surface area (Å²) in [7, 11) is 0. The van der Waals surface area contributed by atoms with Gasteiger partial charge in [-0.25, -0.2) is 19.2 Å². The summed E-state index contributed by atoms with van der Waals surface area (Å²) in [5.74, 6) is -5.67. The van der Waals surface area contributed by atoms with Gasteiger partial charge in [0.1, 0.15) is 116 Å². The van der Waals surface area contributed by atoms with Crippen LogP contribution < -0.4 is 0 Å². The number of aliphatic hydroxyl groups excluding tert-OH is 2. The highest BCUT2D eigenvalue weighted by Gasteiger charge is 2.47. The third kappa shape index (κ3) is 40.9. The minimum absolute atomic E-state index is 0.00627. The number of carbonyl (C=O) groups excluding carboxylic acids is 12. The Balaban J connectivity index is 0.000000300. The lowest BCUT2D eigenvalue weighted by molar-refractivity contribution is -0.165. The first-order valence-corrected chi connectivity index (χ1v) is 51.4. The SMILES string of the molecule is CC(C)(CC(C)(C)C(=O)OCC1CO1)C(=O)OCC(O)COC(=O)c1c(I)cc(I)cc1I.CC(C)(CC(C)(C)C(=O)OCC1CO1)C(=O)OCC(O)COC(=O)c1cc(I)cc(I)c1I.CC(C)(CC(C)(C)C(=O)OCC1CO1)C(=O)OCCOC(=O)c1c(I)cc(I)cc1I.CC(C)(CC(C)(C)C(=O)OCC1CO1)C(=O)OCCOC(=O)c1ccc(I)cc1I. The number of hydrogen-bond acceptors (Lipinski definition) is 30. The van der Waals surface area contributed by atoms with Crippen molar-refractivity contribution in [2.75, 3.05) is 106 Å². The van der Waals surface area contributed by atoms with Gasteiger partial charge in [0, 0.05) is 39.3 Å². The predicted octanol–water partition coefficient (Wildman–Crippen LogP) is 16.5. The summed E-state index contributed by atoms with van der Waals surface area (Å²) in [5, 5.41) is 20.3. The van der Waals surface area contributed by atoms with Crippen molar-refractivity contribution in [2.24, 2.45) is 43.3 Å².